The van der Waals surface area contributed by atoms with Gasteiger partial charge in [0.25, 0.3) is 0 Å². The van der Waals surface area contributed by atoms with Gasteiger partial charge in [0.15, 0.2) is 0 Å². The van der Waals surface area contributed by atoms with Crippen LogP contribution in [0.4, 0.5) is 0 Å². The molecule has 0 spiro atoms. The predicted molar refractivity (Wildman–Crippen MR) is 81.8 cm³/mol. The van der Waals surface area contributed by atoms with Gasteiger partial charge >= 0.3 is 0 Å². The fourth-order valence-electron chi connectivity index (χ4n) is 1.79. The van der Waals surface area contributed by atoms with Crippen molar-refractivity contribution in [3.05, 3.63) is 65.7 Å². The average Bonchev–Trinajstić information content (AvgIpc) is 2.45. The van der Waals surface area contributed by atoms with Gasteiger partial charge in [-0.05, 0) is 18.2 Å². The zero-order chi connectivity index (χ0) is 12.6. The van der Waals surface area contributed by atoms with Crippen molar-refractivity contribution in [3.63, 3.8) is 0 Å². The van der Waals surface area contributed by atoms with Crippen LogP contribution in [-0.4, -0.2) is 6.54 Å². The normalized spacial score (nSPS) is 9.74. The number of rotatable bonds is 6. The Kier molecular flexibility index (Phi) is 7.01. The third-order valence-corrected chi connectivity index (χ3v) is 2.78. The fourth-order valence-corrected chi connectivity index (χ4v) is 1.79. The molecule has 1 N–H and O–H groups in total. The number of ether oxygens (including phenoxy) is 1. The Morgan fingerprint density at radius 3 is 2.37 bits per heavy atom. The molecule has 2 aromatic rings. The van der Waals surface area contributed by atoms with E-state index in [9.17, 15) is 0 Å². The first-order chi connectivity index (χ1) is 8.90. The van der Waals surface area contributed by atoms with Crippen molar-refractivity contribution < 1.29 is 4.74 Å². The molecule has 2 nitrogen and oxygen atoms in total. The smallest absolute Gasteiger partial charge is 0.124 e. The van der Waals surface area contributed by atoms with Gasteiger partial charge < -0.3 is 10.1 Å². The first-order valence-electron chi connectivity index (χ1n) is 6.35. The fraction of sp³-hybridized carbons (Fsp3) is 0.250. The lowest BCUT2D eigenvalue weighted by Crippen LogP contribution is -2.12. The molecule has 0 aliphatic rings. The quantitative estimate of drug-likeness (QED) is 0.867. The minimum atomic E-state index is 0. The predicted octanol–water partition coefficient (Wildman–Crippen LogP) is 3.80. The highest BCUT2D eigenvalue weighted by molar-refractivity contribution is 5.85. The third kappa shape index (κ3) is 4.93. The van der Waals surface area contributed by atoms with Crippen LogP contribution >= 0.6 is 12.4 Å². The molecule has 0 unspecified atom stereocenters. The van der Waals surface area contributed by atoms with Gasteiger partial charge in [-0.2, -0.15) is 0 Å². The van der Waals surface area contributed by atoms with Gasteiger partial charge in [-0.25, -0.2) is 0 Å². The van der Waals surface area contributed by atoms with E-state index >= 15 is 0 Å². The Morgan fingerprint density at radius 1 is 0.947 bits per heavy atom. The number of hydrogen-bond acceptors (Lipinski definition) is 2. The number of para-hydroxylation sites is 1. The van der Waals surface area contributed by atoms with Gasteiger partial charge in [0.1, 0.15) is 12.4 Å². The van der Waals surface area contributed by atoms with Crippen molar-refractivity contribution in [1.82, 2.24) is 5.32 Å². The van der Waals surface area contributed by atoms with Crippen molar-refractivity contribution in [2.45, 2.75) is 20.1 Å². The molecule has 19 heavy (non-hydrogen) atoms. The van der Waals surface area contributed by atoms with E-state index in [1.807, 2.05) is 36.4 Å². The lowest BCUT2D eigenvalue weighted by atomic mass is 10.2. The van der Waals surface area contributed by atoms with Crippen LogP contribution in [0.2, 0.25) is 0 Å². The van der Waals surface area contributed by atoms with Crippen molar-refractivity contribution in [3.8, 4) is 5.75 Å². The van der Waals surface area contributed by atoms with Crippen LogP contribution in [0.15, 0.2) is 54.6 Å². The van der Waals surface area contributed by atoms with Crippen molar-refractivity contribution in [2.24, 2.45) is 0 Å². The SMILES string of the molecule is CCNCc1ccccc1OCc1ccccc1.Cl. The second kappa shape index (κ2) is 8.57. The van der Waals surface area contributed by atoms with Gasteiger partial charge in [-0.3, -0.25) is 0 Å². The first-order valence-corrected chi connectivity index (χ1v) is 6.35. The van der Waals surface area contributed by atoms with Crippen LogP contribution in [0.5, 0.6) is 5.75 Å². The molecule has 0 atom stereocenters. The van der Waals surface area contributed by atoms with E-state index in [-0.39, 0.29) is 12.4 Å². The zero-order valence-corrected chi connectivity index (χ0v) is 12.0. The maximum Gasteiger partial charge on any atom is 0.124 e. The Bertz CT molecular complexity index is 473. The van der Waals surface area contributed by atoms with Crippen LogP contribution in [0.3, 0.4) is 0 Å². The number of nitrogens with one attached hydrogen (secondary N) is 1. The summed E-state index contributed by atoms with van der Waals surface area (Å²) in [5, 5.41) is 3.32. The molecule has 0 saturated heterocycles. The van der Waals surface area contributed by atoms with E-state index < -0.39 is 0 Å². The zero-order valence-electron chi connectivity index (χ0n) is 11.1. The molecule has 0 aromatic heterocycles. The molecule has 0 heterocycles. The summed E-state index contributed by atoms with van der Waals surface area (Å²) in [5.41, 5.74) is 2.39. The Balaban J connectivity index is 0.00000180. The molecule has 0 bridgehead atoms. The number of benzene rings is 2. The summed E-state index contributed by atoms with van der Waals surface area (Å²) >= 11 is 0. The van der Waals surface area contributed by atoms with E-state index in [2.05, 4.69) is 30.4 Å². The minimum Gasteiger partial charge on any atom is -0.489 e. The molecule has 0 saturated carbocycles. The second-order valence-electron chi connectivity index (χ2n) is 4.16. The molecule has 102 valence electrons. The largest absolute Gasteiger partial charge is 0.489 e. The van der Waals surface area contributed by atoms with Gasteiger partial charge in [0.05, 0.1) is 0 Å². The second-order valence-corrected chi connectivity index (χ2v) is 4.16. The summed E-state index contributed by atoms with van der Waals surface area (Å²) in [4.78, 5) is 0. The standard InChI is InChI=1S/C16H19NO.ClH/c1-2-17-12-15-10-6-7-11-16(15)18-13-14-8-4-3-5-9-14;/h3-11,17H,2,12-13H2,1H3;1H. The van der Waals surface area contributed by atoms with Crippen LogP contribution < -0.4 is 10.1 Å². The van der Waals surface area contributed by atoms with Crippen LogP contribution in [0, 0.1) is 0 Å². The number of hydrogen-bond donors (Lipinski definition) is 1. The van der Waals surface area contributed by atoms with E-state index in [0.29, 0.717) is 6.61 Å². The summed E-state index contributed by atoms with van der Waals surface area (Å²) in [6.07, 6.45) is 0. The van der Waals surface area contributed by atoms with E-state index in [1.54, 1.807) is 0 Å². The van der Waals surface area contributed by atoms with Crippen molar-refractivity contribution in [2.75, 3.05) is 6.54 Å². The topological polar surface area (TPSA) is 21.3 Å². The lowest BCUT2D eigenvalue weighted by Gasteiger charge is -2.11. The minimum absolute atomic E-state index is 0. The number of halogens is 1. The third-order valence-electron chi connectivity index (χ3n) is 2.78. The van der Waals surface area contributed by atoms with Gasteiger partial charge in [0, 0.05) is 12.1 Å². The first kappa shape index (κ1) is 15.5. The Labute approximate surface area is 121 Å². The molecule has 0 amide bonds. The molecule has 0 aliphatic heterocycles. The molecule has 0 fully saturated rings. The molecule has 2 rings (SSSR count). The molecule has 3 heteroatoms. The molecule has 0 aliphatic carbocycles. The highest BCUT2D eigenvalue weighted by Gasteiger charge is 2.02. The van der Waals surface area contributed by atoms with E-state index in [0.717, 1.165) is 18.8 Å². The Hall–Kier alpha value is -1.51. The maximum absolute atomic E-state index is 5.88. The summed E-state index contributed by atoms with van der Waals surface area (Å²) in [7, 11) is 0. The monoisotopic (exact) mass is 277 g/mol. The summed E-state index contributed by atoms with van der Waals surface area (Å²) in [5.74, 6) is 0.960. The highest BCUT2D eigenvalue weighted by Crippen LogP contribution is 2.19. The molecule has 2 aromatic carbocycles. The molecule has 0 radical (unpaired) electrons. The van der Waals surface area contributed by atoms with Crippen molar-refractivity contribution in [1.29, 1.82) is 0 Å². The summed E-state index contributed by atoms with van der Waals surface area (Å²) in [6.45, 7) is 4.53. The lowest BCUT2D eigenvalue weighted by molar-refractivity contribution is 0.302. The van der Waals surface area contributed by atoms with Gasteiger partial charge in [0.2, 0.25) is 0 Å². The highest BCUT2D eigenvalue weighted by atomic mass is 35.5. The average molecular weight is 278 g/mol. The van der Waals surface area contributed by atoms with Crippen molar-refractivity contribution >= 4 is 12.4 Å². The molecular formula is C16H20ClNO. The van der Waals surface area contributed by atoms with Gasteiger partial charge in [-0.1, -0.05) is 55.5 Å². The Morgan fingerprint density at radius 2 is 1.63 bits per heavy atom. The summed E-state index contributed by atoms with van der Waals surface area (Å²) in [6, 6.07) is 18.4. The van der Waals surface area contributed by atoms with Crippen LogP contribution in [0.25, 0.3) is 0 Å². The van der Waals surface area contributed by atoms with Gasteiger partial charge in [-0.15, -0.1) is 12.4 Å². The maximum atomic E-state index is 5.88. The van der Waals surface area contributed by atoms with E-state index in [4.69, 9.17) is 4.74 Å². The van der Waals surface area contributed by atoms with E-state index in [1.165, 1.54) is 11.1 Å². The van der Waals surface area contributed by atoms with Crippen LogP contribution in [-0.2, 0) is 13.2 Å². The molecular weight excluding hydrogens is 258 g/mol. The summed E-state index contributed by atoms with van der Waals surface area (Å²) < 4.78 is 5.88. The van der Waals surface area contributed by atoms with Crippen LogP contribution in [0.1, 0.15) is 18.1 Å².